The van der Waals surface area contributed by atoms with Crippen LogP contribution in [-0.4, -0.2) is 36.1 Å². The summed E-state index contributed by atoms with van der Waals surface area (Å²) in [5.41, 5.74) is 0.373. The molecule has 0 aromatic carbocycles. The average Bonchev–Trinajstić information content (AvgIpc) is 2.39. The molecule has 0 bridgehead atoms. The molecule has 2 heteroatoms. The lowest BCUT2D eigenvalue weighted by molar-refractivity contribution is 0.0581. The summed E-state index contributed by atoms with van der Waals surface area (Å²) in [7, 11) is 0. The first-order valence-corrected chi connectivity index (χ1v) is 8.09. The van der Waals surface area contributed by atoms with Gasteiger partial charge in [0.15, 0.2) is 0 Å². The molecule has 2 atom stereocenters. The maximum absolute atomic E-state index is 3.83. The molecule has 1 fully saturated rings. The Balaban J connectivity index is 2.64. The van der Waals surface area contributed by atoms with Crippen molar-refractivity contribution in [3.63, 3.8) is 0 Å². The largest absolute Gasteiger partial charge is 0.308 e. The van der Waals surface area contributed by atoms with E-state index < -0.39 is 0 Å². The summed E-state index contributed by atoms with van der Waals surface area (Å²) < 4.78 is 0. The van der Waals surface area contributed by atoms with Crippen LogP contribution in [0, 0.1) is 5.92 Å². The lowest BCUT2D eigenvalue weighted by atomic mass is 9.87. The van der Waals surface area contributed by atoms with Gasteiger partial charge in [0.05, 0.1) is 0 Å². The molecule has 0 spiro atoms. The predicted octanol–water partition coefficient (Wildman–Crippen LogP) is 3.67. The third kappa shape index (κ3) is 3.96. The highest BCUT2D eigenvalue weighted by atomic mass is 15.3. The molecule has 1 saturated heterocycles. The van der Waals surface area contributed by atoms with Gasteiger partial charge in [0, 0.05) is 31.2 Å². The Kier molecular flexibility index (Phi) is 6.65. The monoisotopic (exact) mass is 254 g/mol. The third-order valence-electron chi connectivity index (χ3n) is 4.89. The van der Waals surface area contributed by atoms with Gasteiger partial charge in [-0.3, -0.25) is 4.90 Å². The molecular formula is C16H34N2. The van der Waals surface area contributed by atoms with E-state index in [1.54, 1.807) is 0 Å². The first-order chi connectivity index (χ1) is 8.60. The molecule has 2 nitrogen and oxygen atoms in total. The van der Waals surface area contributed by atoms with Gasteiger partial charge in [0.2, 0.25) is 0 Å². The van der Waals surface area contributed by atoms with E-state index in [-0.39, 0.29) is 0 Å². The van der Waals surface area contributed by atoms with Crippen molar-refractivity contribution in [2.75, 3.05) is 19.6 Å². The summed E-state index contributed by atoms with van der Waals surface area (Å²) in [6.45, 7) is 15.4. The van der Waals surface area contributed by atoms with Crippen molar-refractivity contribution in [2.45, 2.75) is 78.3 Å². The molecule has 1 aliphatic rings. The molecule has 0 aromatic rings. The van der Waals surface area contributed by atoms with Crippen molar-refractivity contribution in [1.82, 2.24) is 10.2 Å². The molecule has 0 aliphatic carbocycles. The lowest BCUT2D eigenvalue weighted by Gasteiger charge is -2.48. The van der Waals surface area contributed by atoms with Gasteiger partial charge in [-0.15, -0.1) is 0 Å². The van der Waals surface area contributed by atoms with E-state index in [1.807, 2.05) is 0 Å². The van der Waals surface area contributed by atoms with Crippen LogP contribution >= 0.6 is 0 Å². The molecule has 0 radical (unpaired) electrons. The molecule has 2 unspecified atom stereocenters. The fourth-order valence-electron chi connectivity index (χ4n) is 3.36. The van der Waals surface area contributed by atoms with Crippen LogP contribution in [0.15, 0.2) is 0 Å². The highest BCUT2D eigenvalue weighted by Crippen LogP contribution is 2.25. The van der Waals surface area contributed by atoms with Crippen LogP contribution in [0.25, 0.3) is 0 Å². The summed E-state index contributed by atoms with van der Waals surface area (Å²) in [6.07, 6.45) is 6.45. The average molecular weight is 254 g/mol. The van der Waals surface area contributed by atoms with Gasteiger partial charge in [-0.2, -0.15) is 0 Å². The minimum absolute atomic E-state index is 0.373. The summed E-state index contributed by atoms with van der Waals surface area (Å²) in [6, 6.07) is 0.746. The fourth-order valence-corrected chi connectivity index (χ4v) is 3.36. The Morgan fingerprint density at radius 2 is 1.89 bits per heavy atom. The van der Waals surface area contributed by atoms with Crippen molar-refractivity contribution in [3.05, 3.63) is 0 Å². The van der Waals surface area contributed by atoms with Crippen LogP contribution in [-0.2, 0) is 0 Å². The molecule has 1 rings (SSSR count). The van der Waals surface area contributed by atoms with E-state index in [4.69, 9.17) is 0 Å². The number of rotatable bonds is 7. The molecule has 1 N–H and O–H groups in total. The van der Waals surface area contributed by atoms with Crippen molar-refractivity contribution in [2.24, 2.45) is 5.92 Å². The van der Waals surface area contributed by atoms with Crippen LogP contribution < -0.4 is 5.32 Å². The predicted molar refractivity (Wildman–Crippen MR) is 81.0 cm³/mol. The van der Waals surface area contributed by atoms with Gasteiger partial charge < -0.3 is 5.32 Å². The van der Waals surface area contributed by atoms with Crippen LogP contribution in [0.3, 0.4) is 0 Å². The normalized spacial score (nSPS) is 26.2. The van der Waals surface area contributed by atoms with E-state index >= 15 is 0 Å². The third-order valence-corrected chi connectivity index (χ3v) is 4.89. The van der Waals surface area contributed by atoms with Crippen molar-refractivity contribution in [1.29, 1.82) is 0 Å². The quantitative estimate of drug-likeness (QED) is 0.746. The molecule has 0 aromatic heterocycles. The number of hydrogen-bond donors (Lipinski definition) is 1. The van der Waals surface area contributed by atoms with Crippen molar-refractivity contribution < 1.29 is 0 Å². The maximum atomic E-state index is 3.83. The maximum Gasteiger partial charge on any atom is 0.0304 e. The molecule has 0 amide bonds. The van der Waals surface area contributed by atoms with Crippen molar-refractivity contribution >= 4 is 0 Å². The standard InChI is InChI=1S/C16H34N2/c1-6-10-14(5)12-18-13-16(8-3,9-4)17-11-15(18)7-2/h14-15,17H,6-13H2,1-5H3. The van der Waals surface area contributed by atoms with E-state index in [1.165, 1.54) is 51.7 Å². The van der Waals surface area contributed by atoms with Gasteiger partial charge in [0.1, 0.15) is 0 Å². The van der Waals surface area contributed by atoms with Gasteiger partial charge in [-0.25, -0.2) is 0 Å². The number of nitrogens with zero attached hydrogens (tertiary/aromatic N) is 1. The topological polar surface area (TPSA) is 15.3 Å². The summed E-state index contributed by atoms with van der Waals surface area (Å²) in [5, 5.41) is 3.83. The summed E-state index contributed by atoms with van der Waals surface area (Å²) in [4.78, 5) is 2.77. The second-order valence-electron chi connectivity index (χ2n) is 6.25. The zero-order valence-corrected chi connectivity index (χ0v) is 13.3. The first-order valence-electron chi connectivity index (χ1n) is 8.09. The van der Waals surface area contributed by atoms with Crippen LogP contribution in [0.4, 0.5) is 0 Å². The Hall–Kier alpha value is -0.0800. The fraction of sp³-hybridized carbons (Fsp3) is 1.00. The Bertz CT molecular complexity index is 223. The minimum Gasteiger partial charge on any atom is -0.308 e. The molecule has 18 heavy (non-hydrogen) atoms. The van der Waals surface area contributed by atoms with E-state index in [0.29, 0.717) is 5.54 Å². The Morgan fingerprint density at radius 3 is 2.39 bits per heavy atom. The SMILES string of the molecule is CCCC(C)CN1CC(CC)(CC)NCC1CC. The van der Waals surface area contributed by atoms with Gasteiger partial charge >= 0.3 is 0 Å². The van der Waals surface area contributed by atoms with Crippen LogP contribution in [0.1, 0.15) is 66.7 Å². The van der Waals surface area contributed by atoms with Gasteiger partial charge in [-0.05, 0) is 31.6 Å². The van der Waals surface area contributed by atoms with E-state index in [2.05, 4.69) is 44.8 Å². The lowest BCUT2D eigenvalue weighted by Crippen LogP contribution is -2.64. The Morgan fingerprint density at radius 1 is 1.22 bits per heavy atom. The smallest absolute Gasteiger partial charge is 0.0304 e. The summed E-state index contributed by atoms with van der Waals surface area (Å²) >= 11 is 0. The first kappa shape index (κ1) is 16.0. The molecule has 1 heterocycles. The van der Waals surface area contributed by atoms with Gasteiger partial charge in [-0.1, -0.05) is 41.0 Å². The number of hydrogen-bond acceptors (Lipinski definition) is 2. The Labute approximate surface area is 115 Å². The summed E-state index contributed by atoms with van der Waals surface area (Å²) in [5.74, 6) is 0.841. The van der Waals surface area contributed by atoms with E-state index in [9.17, 15) is 0 Å². The number of nitrogens with one attached hydrogen (secondary N) is 1. The zero-order chi connectivity index (χ0) is 13.6. The molecule has 1 aliphatic heterocycles. The highest BCUT2D eigenvalue weighted by molar-refractivity contribution is 4.96. The van der Waals surface area contributed by atoms with Gasteiger partial charge in [0.25, 0.3) is 0 Å². The second kappa shape index (κ2) is 7.49. The second-order valence-corrected chi connectivity index (χ2v) is 6.25. The highest BCUT2D eigenvalue weighted by Gasteiger charge is 2.36. The van der Waals surface area contributed by atoms with Crippen LogP contribution in [0.5, 0.6) is 0 Å². The van der Waals surface area contributed by atoms with Crippen molar-refractivity contribution in [3.8, 4) is 0 Å². The molecular weight excluding hydrogens is 220 g/mol. The molecule has 0 saturated carbocycles. The zero-order valence-electron chi connectivity index (χ0n) is 13.3. The number of piperazine rings is 1. The van der Waals surface area contributed by atoms with E-state index in [0.717, 1.165) is 12.0 Å². The van der Waals surface area contributed by atoms with Crippen LogP contribution in [0.2, 0.25) is 0 Å². The molecule has 108 valence electrons. The minimum atomic E-state index is 0.373.